The highest BCUT2D eigenvalue weighted by atomic mass is 19.1. The minimum absolute atomic E-state index is 0.0341. The maximum atomic E-state index is 14.1. The van der Waals surface area contributed by atoms with Crippen molar-refractivity contribution in [3.8, 4) is 5.75 Å². The van der Waals surface area contributed by atoms with Gasteiger partial charge in [0, 0.05) is 26.1 Å². The Morgan fingerprint density at radius 3 is 2.56 bits per heavy atom. The first-order valence-electron chi connectivity index (χ1n) is 11.6. The summed E-state index contributed by atoms with van der Waals surface area (Å²) in [5, 5.41) is 0. The molecule has 0 aliphatic carbocycles. The molecule has 0 bridgehead atoms. The quantitative estimate of drug-likeness (QED) is 0.668. The molecule has 2 aliphatic heterocycles. The van der Waals surface area contributed by atoms with Gasteiger partial charge in [-0.1, -0.05) is 32.0 Å². The topological polar surface area (TPSA) is 49.9 Å². The van der Waals surface area contributed by atoms with Crippen LogP contribution >= 0.6 is 0 Å². The molecule has 0 unspecified atom stereocenters. The zero-order valence-corrected chi connectivity index (χ0v) is 18.9. The normalized spacial score (nSPS) is 18.9. The van der Waals surface area contributed by atoms with E-state index in [1.165, 1.54) is 12.1 Å². The summed E-state index contributed by atoms with van der Waals surface area (Å²) in [5.74, 6) is 0.350. The molecule has 2 atom stereocenters. The second-order valence-electron chi connectivity index (χ2n) is 8.56. The number of halogens is 1. The number of benzene rings is 2. The van der Waals surface area contributed by atoms with Crippen molar-refractivity contribution in [1.29, 1.82) is 0 Å². The second-order valence-corrected chi connectivity index (χ2v) is 8.56. The first-order chi connectivity index (χ1) is 15.5. The average molecular weight is 439 g/mol. The Labute approximate surface area is 189 Å². The number of amides is 2. The summed E-state index contributed by atoms with van der Waals surface area (Å²) in [7, 11) is 0. The molecule has 2 aromatic rings. The van der Waals surface area contributed by atoms with Crippen LogP contribution in [0.2, 0.25) is 0 Å². The summed E-state index contributed by atoms with van der Waals surface area (Å²) in [6, 6.07) is 11.9. The van der Waals surface area contributed by atoms with Crippen LogP contribution in [0, 0.1) is 5.82 Å². The number of ether oxygens (including phenoxy) is 1. The van der Waals surface area contributed by atoms with E-state index >= 15 is 0 Å². The Hall–Kier alpha value is -2.89. The van der Waals surface area contributed by atoms with E-state index in [1.54, 1.807) is 6.07 Å². The van der Waals surface area contributed by atoms with Crippen molar-refractivity contribution in [3.05, 3.63) is 65.0 Å². The van der Waals surface area contributed by atoms with Gasteiger partial charge >= 0.3 is 0 Å². The third-order valence-corrected chi connectivity index (χ3v) is 6.48. The van der Waals surface area contributed by atoms with Crippen LogP contribution < -0.4 is 4.74 Å². The zero-order chi connectivity index (χ0) is 22.7. The van der Waals surface area contributed by atoms with Crippen molar-refractivity contribution in [1.82, 2.24) is 9.80 Å². The Morgan fingerprint density at radius 1 is 1.09 bits per heavy atom. The first kappa shape index (κ1) is 22.3. The van der Waals surface area contributed by atoms with Gasteiger partial charge < -0.3 is 14.5 Å². The first-order valence-corrected chi connectivity index (χ1v) is 11.6. The third kappa shape index (κ3) is 4.50. The Morgan fingerprint density at radius 2 is 1.88 bits per heavy atom. The highest BCUT2D eigenvalue weighted by molar-refractivity contribution is 5.81. The van der Waals surface area contributed by atoms with Gasteiger partial charge in [0.25, 0.3) is 5.91 Å². The average Bonchev–Trinajstić information content (AvgIpc) is 3.35. The van der Waals surface area contributed by atoms with Gasteiger partial charge in [0.2, 0.25) is 5.91 Å². The maximum Gasteiger partial charge on any atom is 0.263 e. The molecule has 0 aromatic heterocycles. The minimum Gasteiger partial charge on any atom is -0.481 e. The third-order valence-electron chi connectivity index (χ3n) is 6.48. The molecule has 0 N–H and O–H groups in total. The molecule has 0 saturated carbocycles. The molecule has 32 heavy (non-hydrogen) atoms. The Balaban J connectivity index is 1.67. The van der Waals surface area contributed by atoms with Gasteiger partial charge in [0.15, 0.2) is 6.10 Å². The maximum absolute atomic E-state index is 14.1. The minimum atomic E-state index is -0.532. The highest BCUT2D eigenvalue weighted by Gasteiger charge is 2.33. The largest absolute Gasteiger partial charge is 0.481 e. The van der Waals surface area contributed by atoms with Crippen LogP contribution in [0.4, 0.5) is 4.39 Å². The molecular weight excluding hydrogens is 407 g/mol. The number of nitrogens with zero attached hydrogens (tertiary/aromatic N) is 2. The number of carbonyl (C=O) groups excluding carboxylic acids is 2. The predicted molar refractivity (Wildman–Crippen MR) is 121 cm³/mol. The number of likely N-dealkylation sites (tertiary alicyclic amines) is 1. The van der Waals surface area contributed by atoms with E-state index < -0.39 is 6.10 Å². The second kappa shape index (κ2) is 9.72. The van der Waals surface area contributed by atoms with E-state index in [-0.39, 0.29) is 23.7 Å². The molecule has 1 saturated heterocycles. The fourth-order valence-electron chi connectivity index (χ4n) is 4.79. The zero-order valence-electron chi connectivity index (χ0n) is 18.9. The van der Waals surface area contributed by atoms with Gasteiger partial charge in [0.1, 0.15) is 11.6 Å². The lowest BCUT2D eigenvalue weighted by Gasteiger charge is -2.38. The smallest absolute Gasteiger partial charge is 0.263 e. The van der Waals surface area contributed by atoms with Crippen LogP contribution in [0.25, 0.3) is 0 Å². The summed E-state index contributed by atoms with van der Waals surface area (Å²) in [5.41, 5.74) is 2.79. The Kier molecular flexibility index (Phi) is 6.77. The number of hydrogen-bond donors (Lipinski definition) is 0. The SMILES string of the molecule is CCC(=O)N1CCc2ccc(O[C@H](CC)C(=O)N3CCCC3)cc2[C@@H]1c1cccc(F)c1. The van der Waals surface area contributed by atoms with Gasteiger partial charge in [0.05, 0.1) is 6.04 Å². The fraction of sp³-hybridized carbons (Fsp3) is 0.462. The van der Waals surface area contributed by atoms with E-state index in [0.717, 1.165) is 49.0 Å². The van der Waals surface area contributed by atoms with Crippen LogP contribution in [-0.2, 0) is 16.0 Å². The summed E-state index contributed by atoms with van der Waals surface area (Å²) >= 11 is 0. The molecular formula is C26H31FN2O3. The molecule has 2 aliphatic rings. The van der Waals surface area contributed by atoms with Crippen LogP contribution in [0.5, 0.6) is 5.75 Å². The lowest BCUT2D eigenvalue weighted by atomic mass is 9.87. The van der Waals surface area contributed by atoms with E-state index in [1.807, 2.05) is 47.9 Å². The number of hydrogen-bond acceptors (Lipinski definition) is 3. The molecule has 170 valence electrons. The molecule has 6 heteroatoms. The van der Waals surface area contributed by atoms with Gasteiger partial charge in [-0.05, 0) is 66.6 Å². The van der Waals surface area contributed by atoms with Crippen LogP contribution in [-0.4, -0.2) is 47.4 Å². The van der Waals surface area contributed by atoms with Gasteiger partial charge in [-0.15, -0.1) is 0 Å². The Bertz CT molecular complexity index is 987. The molecule has 0 radical (unpaired) electrons. The molecule has 4 rings (SSSR count). The van der Waals surface area contributed by atoms with Crippen LogP contribution in [0.1, 0.15) is 62.3 Å². The molecule has 2 heterocycles. The molecule has 2 amide bonds. The summed E-state index contributed by atoms with van der Waals surface area (Å²) in [6.45, 7) is 5.97. The van der Waals surface area contributed by atoms with Crippen molar-refractivity contribution in [2.75, 3.05) is 19.6 Å². The number of carbonyl (C=O) groups is 2. The van der Waals surface area contributed by atoms with Gasteiger partial charge in [-0.3, -0.25) is 9.59 Å². The van der Waals surface area contributed by atoms with E-state index in [4.69, 9.17) is 4.74 Å². The van der Waals surface area contributed by atoms with Crippen molar-refractivity contribution in [3.63, 3.8) is 0 Å². The van der Waals surface area contributed by atoms with Crippen molar-refractivity contribution in [2.45, 2.75) is 58.1 Å². The van der Waals surface area contributed by atoms with E-state index in [9.17, 15) is 14.0 Å². The van der Waals surface area contributed by atoms with Gasteiger partial charge in [-0.25, -0.2) is 4.39 Å². The lowest BCUT2D eigenvalue weighted by molar-refractivity contribution is -0.137. The fourth-order valence-corrected chi connectivity index (χ4v) is 4.79. The van der Waals surface area contributed by atoms with Gasteiger partial charge in [-0.2, -0.15) is 0 Å². The standard InChI is InChI=1S/C26H31FN2O3/c1-3-23(26(31)28-13-5-6-14-28)32-21-11-10-18-12-15-29(24(30)4-2)25(22(18)17-21)19-8-7-9-20(27)16-19/h7-11,16-17,23,25H,3-6,12-15H2,1-2H3/t23-,25+/m1/s1. The predicted octanol–water partition coefficient (Wildman–Crippen LogP) is 4.49. The summed E-state index contributed by atoms with van der Waals surface area (Å²) in [4.78, 5) is 29.3. The molecule has 5 nitrogen and oxygen atoms in total. The van der Waals surface area contributed by atoms with Crippen LogP contribution in [0.15, 0.2) is 42.5 Å². The summed E-state index contributed by atoms with van der Waals surface area (Å²) in [6.07, 6.45) is 3.25. The van der Waals surface area contributed by atoms with Crippen molar-refractivity contribution in [2.24, 2.45) is 0 Å². The summed E-state index contributed by atoms with van der Waals surface area (Å²) < 4.78 is 20.2. The van der Waals surface area contributed by atoms with Crippen LogP contribution in [0.3, 0.4) is 0 Å². The highest BCUT2D eigenvalue weighted by Crippen LogP contribution is 2.38. The molecule has 2 aromatic carbocycles. The number of fused-ring (bicyclic) bond motifs is 1. The lowest BCUT2D eigenvalue weighted by Crippen LogP contribution is -2.41. The molecule has 1 fully saturated rings. The molecule has 0 spiro atoms. The van der Waals surface area contributed by atoms with Crippen molar-refractivity contribution >= 4 is 11.8 Å². The van der Waals surface area contributed by atoms with Crippen molar-refractivity contribution < 1.29 is 18.7 Å². The monoisotopic (exact) mass is 438 g/mol. The van der Waals surface area contributed by atoms with E-state index in [0.29, 0.717) is 25.1 Å². The van der Waals surface area contributed by atoms with E-state index in [2.05, 4.69) is 0 Å². The number of rotatable bonds is 6.